The van der Waals surface area contributed by atoms with E-state index in [9.17, 15) is 13.7 Å². The number of sulfonamides is 1. The summed E-state index contributed by atoms with van der Waals surface area (Å²) >= 11 is 0. The van der Waals surface area contributed by atoms with Gasteiger partial charge in [-0.15, -0.1) is 0 Å². The van der Waals surface area contributed by atoms with Gasteiger partial charge in [0.05, 0.1) is 4.90 Å². The van der Waals surface area contributed by atoms with Gasteiger partial charge in [0.2, 0.25) is 27.5 Å². The average molecular weight is 451 g/mol. The van der Waals surface area contributed by atoms with Crippen LogP contribution < -0.4 is 5.32 Å². The van der Waals surface area contributed by atoms with Crippen LogP contribution in [0.2, 0.25) is 0 Å². The molecular weight excluding hydrogens is 424 g/mol. The van der Waals surface area contributed by atoms with Crippen molar-refractivity contribution in [1.29, 1.82) is 5.26 Å². The molecule has 0 radical (unpaired) electrons. The summed E-state index contributed by atoms with van der Waals surface area (Å²) in [6, 6.07) is 16.6. The fraction of sp³-hybridized carbons (Fsp3) is 0.333. The predicted molar refractivity (Wildman–Crippen MR) is 122 cm³/mol. The number of rotatable bonds is 6. The van der Waals surface area contributed by atoms with Crippen molar-refractivity contribution in [3.05, 3.63) is 65.4 Å². The Hall–Kier alpha value is -3.15. The summed E-state index contributed by atoms with van der Waals surface area (Å²) in [6.07, 6.45) is 1.93. The Balaban J connectivity index is 1.51. The molecule has 7 nitrogen and oxygen atoms in total. The minimum Gasteiger partial charge on any atom is -0.419 e. The van der Waals surface area contributed by atoms with Crippen LogP contribution >= 0.6 is 0 Å². The summed E-state index contributed by atoms with van der Waals surface area (Å²) < 4.78 is 33.3. The van der Waals surface area contributed by atoms with Gasteiger partial charge in [-0.3, -0.25) is 0 Å². The molecule has 2 aromatic carbocycles. The lowest BCUT2D eigenvalue weighted by molar-refractivity contribution is 0.281. The number of hydrogen-bond acceptors (Lipinski definition) is 6. The van der Waals surface area contributed by atoms with Gasteiger partial charge in [-0.2, -0.15) is 14.6 Å². The molecule has 1 aliphatic rings. The maximum atomic E-state index is 13.0. The molecule has 0 bridgehead atoms. The monoisotopic (exact) mass is 450 g/mol. The van der Waals surface area contributed by atoms with Crippen LogP contribution in [0.1, 0.15) is 36.6 Å². The number of aryl methyl sites for hydroxylation is 1. The average Bonchev–Trinajstić information content (AvgIpc) is 3.22. The lowest BCUT2D eigenvalue weighted by Gasteiger charge is -2.30. The maximum absolute atomic E-state index is 13.0. The Labute approximate surface area is 188 Å². The first-order valence-corrected chi connectivity index (χ1v) is 12.1. The van der Waals surface area contributed by atoms with E-state index in [0.29, 0.717) is 37.0 Å². The number of nitrogens with one attached hydrogen (secondary N) is 1. The van der Waals surface area contributed by atoms with Gasteiger partial charge < -0.3 is 9.73 Å². The van der Waals surface area contributed by atoms with Crippen LogP contribution in [0.15, 0.2) is 57.8 Å². The summed E-state index contributed by atoms with van der Waals surface area (Å²) in [5, 5.41) is 12.5. The van der Waals surface area contributed by atoms with Crippen LogP contribution in [-0.2, 0) is 16.6 Å². The number of benzene rings is 2. The van der Waals surface area contributed by atoms with Gasteiger partial charge in [0.25, 0.3) is 0 Å². The van der Waals surface area contributed by atoms with Crippen molar-refractivity contribution in [2.75, 3.05) is 18.4 Å². The van der Waals surface area contributed by atoms with Gasteiger partial charge >= 0.3 is 0 Å². The van der Waals surface area contributed by atoms with Gasteiger partial charge in [0.1, 0.15) is 6.07 Å². The molecule has 1 fully saturated rings. The highest BCUT2D eigenvalue weighted by Gasteiger charge is 2.28. The molecule has 0 unspecified atom stereocenters. The van der Waals surface area contributed by atoms with Crippen molar-refractivity contribution < 1.29 is 12.8 Å². The molecule has 32 heavy (non-hydrogen) atoms. The van der Waals surface area contributed by atoms with Crippen molar-refractivity contribution in [3.63, 3.8) is 0 Å². The van der Waals surface area contributed by atoms with E-state index in [4.69, 9.17) is 4.42 Å². The molecule has 4 rings (SSSR count). The van der Waals surface area contributed by atoms with E-state index in [2.05, 4.69) is 17.2 Å². The number of oxazole rings is 1. The molecule has 0 spiro atoms. The molecule has 0 saturated carbocycles. The molecule has 1 aromatic heterocycles. The number of aromatic nitrogens is 1. The third kappa shape index (κ3) is 4.69. The number of piperidine rings is 1. The zero-order valence-electron chi connectivity index (χ0n) is 18.2. The van der Waals surface area contributed by atoms with E-state index in [1.807, 2.05) is 37.3 Å². The van der Waals surface area contributed by atoms with Gasteiger partial charge in [-0.1, -0.05) is 36.8 Å². The topological polar surface area (TPSA) is 99.2 Å². The quantitative estimate of drug-likeness (QED) is 0.591. The summed E-state index contributed by atoms with van der Waals surface area (Å²) in [5.74, 6) is 0.922. The standard InChI is InChI=1S/C24H26N4O3S/c1-17-5-7-19(8-6-17)15-26-24-22(14-25)27-23(31-24)20-9-11-21(12-10-20)32(29,30)28-13-3-4-18(2)16-28/h5-12,18,26H,3-4,13,15-16H2,1-2H3/t18-/m0/s1. The third-order valence-electron chi connectivity index (χ3n) is 5.67. The first-order chi connectivity index (χ1) is 15.4. The van der Waals surface area contributed by atoms with E-state index in [1.165, 1.54) is 5.56 Å². The van der Waals surface area contributed by atoms with E-state index in [-0.39, 0.29) is 16.5 Å². The predicted octanol–water partition coefficient (Wildman–Crippen LogP) is 4.55. The van der Waals surface area contributed by atoms with Crippen LogP contribution in [0.3, 0.4) is 0 Å². The second-order valence-corrected chi connectivity index (χ2v) is 10.2. The Morgan fingerprint density at radius 1 is 1.19 bits per heavy atom. The molecule has 3 aromatic rings. The number of nitriles is 1. The molecule has 8 heteroatoms. The third-order valence-corrected chi connectivity index (χ3v) is 7.54. The summed E-state index contributed by atoms with van der Waals surface area (Å²) in [6.45, 7) is 5.69. The van der Waals surface area contributed by atoms with Crippen LogP contribution in [0.5, 0.6) is 0 Å². The fourth-order valence-electron chi connectivity index (χ4n) is 3.81. The number of anilines is 1. The van der Waals surface area contributed by atoms with Crippen LogP contribution in [0, 0.1) is 24.2 Å². The largest absolute Gasteiger partial charge is 0.419 e. The molecule has 0 aliphatic carbocycles. The Kier molecular flexibility index (Phi) is 6.31. The zero-order valence-corrected chi connectivity index (χ0v) is 19.0. The lowest BCUT2D eigenvalue weighted by atomic mass is 10.0. The highest BCUT2D eigenvalue weighted by atomic mass is 32.2. The van der Waals surface area contributed by atoms with E-state index in [1.54, 1.807) is 28.6 Å². The highest BCUT2D eigenvalue weighted by molar-refractivity contribution is 7.89. The summed E-state index contributed by atoms with van der Waals surface area (Å²) in [4.78, 5) is 4.52. The Bertz CT molecular complexity index is 1230. The SMILES string of the molecule is Cc1ccc(CNc2oc(-c3ccc(S(=O)(=O)N4CCC[C@H](C)C4)cc3)nc2C#N)cc1. The van der Waals surface area contributed by atoms with E-state index < -0.39 is 10.0 Å². The molecule has 0 amide bonds. The first kappa shape index (κ1) is 22.1. The fourth-order valence-corrected chi connectivity index (χ4v) is 5.41. The van der Waals surface area contributed by atoms with Crippen molar-refractivity contribution in [3.8, 4) is 17.5 Å². The van der Waals surface area contributed by atoms with Gasteiger partial charge in [0.15, 0.2) is 0 Å². The Morgan fingerprint density at radius 3 is 2.56 bits per heavy atom. The van der Waals surface area contributed by atoms with Crippen LogP contribution in [-0.4, -0.2) is 30.8 Å². The van der Waals surface area contributed by atoms with Crippen LogP contribution in [0.25, 0.3) is 11.5 Å². The number of hydrogen-bond donors (Lipinski definition) is 1. The minimum atomic E-state index is -3.53. The Morgan fingerprint density at radius 2 is 1.91 bits per heavy atom. The van der Waals surface area contributed by atoms with Crippen molar-refractivity contribution in [1.82, 2.24) is 9.29 Å². The van der Waals surface area contributed by atoms with Gasteiger partial charge in [-0.25, -0.2) is 8.42 Å². The smallest absolute Gasteiger partial charge is 0.243 e. The normalized spacial score (nSPS) is 17.1. The van der Waals surface area contributed by atoms with E-state index >= 15 is 0 Å². The summed E-state index contributed by atoms with van der Waals surface area (Å²) in [5.41, 5.74) is 3.00. The zero-order chi connectivity index (χ0) is 22.7. The van der Waals surface area contributed by atoms with E-state index in [0.717, 1.165) is 18.4 Å². The molecule has 166 valence electrons. The molecular formula is C24H26N4O3S. The highest BCUT2D eigenvalue weighted by Crippen LogP contribution is 2.28. The van der Waals surface area contributed by atoms with Crippen molar-refractivity contribution in [2.45, 2.75) is 38.1 Å². The second kappa shape index (κ2) is 9.15. The summed E-state index contributed by atoms with van der Waals surface area (Å²) in [7, 11) is -3.53. The molecule has 2 heterocycles. The molecule has 1 atom stereocenters. The lowest BCUT2D eigenvalue weighted by Crippen LogP contribution is -2.39. The van der Waals surface area contributed by atoms with Gasteiger partial charge in [-0.05, 0) is 55.5 Å². The second-order valence-electron chi connectivity index (χ2n) is 8.28. The molecule has 1 saturated heterocycles. The number of nitrogens with zero attached hydrogens (tertiary/aromatic N) is 3. The maximum Gasteiger partial charge on any atom is 0.243 e. The first-order valence-electron chi connectivity index (χ1n) is 10.7. The molecule has 1 aliphatic heterocycles. The van der Waals surface area contributed by atoms with Gasteiger partial charge in [0, 0.05) is 25.2 Å². The van der Waals surface area contributed by atoms with Crippen LogP contribution in [0.4, 0.5) is 5.88 Å². The van der Waals surface area contributed by atoms with Crippen molar-refractivity contribution in [2.24, 2.45) is 5.92 Å². The minimum absolute atomic E-state index is 0.158. The van der Waals surface area contributed by atoms with Crippen molar-refractivity contribution >= 4 is 15.9 Å². The molecule has 1 N–H and O–H groups in total.